The zero-order valence-electron chi connectivity index (χ0n) is 12.2. The van der Waals surface area contributed by atoms with E-state index in [9.17, 15) is 5.11 Å². The molecule has 0 saturated heterocycles. The normalized spacial score (nSPS) is 13.6. The van der Waals surface area contributed by atoms with E-state index >= 15 is 0 Å². The van der Waals surface area contributed by atoms with E-state index < -0.39 is 0 Å². The summed E-state index contributed by atoms with van der Waals surface area (Å²) in [7, 11) is 0. The topological polar surface area (TPSA) is 20.2 Å². The molecule has 1 aromatic rings. The highest BCUT2D eigenvalue weighted by Gasteiger charge is 2.17. The Balaban J connectivity index is 2.23. The van der Waals surface area contributed by atoms with Crippen LogP contribution in [0.2, 0.25) is 0 Å². The third-order valence-corrected chi connectivity index (χ3v) is 3.50. The first-order valence-corrected chi connectivity index (χ1v) is 7.22. The molecule has 0 fully saturated rings. The van der Waals surface area contributed by atoms with Gasteiger partial charge < -0.3 is 5.11 Å². The van der Waals surface area contributed by atoms with Gasteiger partial charge in [-0.05, 0) is 37.2 Å². The molecular formula is C17H28O. The van der Waals surface area contributed by atoms with Crippen molar-refractivity contribution in [3.63, 3.8) is 0 Å². The van der Waals surface area contributed by atoms with Gasteiger partial charge in [-0.2, -0.15) is 0 Å². The number of hydrogen-bond acceptors (Lipinski definition) is 1. The summed E-state index contributed by atoms with van der Waals surface area (Å²) in [5.74, 6) is 0. The monoisotopic (exact) mass is 248 g/mol. The molecule has 1 unspecified atom stereocenters. The van der Waals surface area contributed by atoms with Crippen LogP contribution in [-0.2, 0) is 6.42 Å². The SMILES string of the molecule is CC(O)CCCCCC(C)(C)Cc1ccccc1. The van der Waals surface area contributed by atoms with E-state index in [4.69, 9.17) is 0 Å². The highest BCUT2D eigenvalue weighted by molar-refractivity contribution is 5.16. The number of rotatable bonds is 8. The highest BCUT2D eigenvalue weighted by atomic mass is 16.3. The smallest absolute Gasteiger partial charge is 0.0512 e. The Kier molecular flexibility index (Phi) is 6.42. The highest BCUT2D eigenvalue weighted by Crippen LogP contribution is 2.28. The third-order valence-electron chi connectivity index (χ3n) is 3.50. The van der Waals surface area contributed by atoms with Crippen molar-refractivity contribution in [1.29, 1.82) is 0 Å². The van der Waals surface area contributed by atoms with E-state index in [0.29, 0.717) is 5.41 Å². The molecule has 0 aliphatic rings. The molecule has 1 rings (SSSR count). The van der Waals surface area contributed by atoms with Crippen LogP contribution in [0.25, 0.3) is 0 Å². The Hall–Kier alpha value is -0.820. The van der Waals surface area contributed by atoms with Crippen LogP contribution in [0.1, 0.15) is 58.4 Å². The summed E-state index contributed by atoms with van der Waals surface area (Å²) in [6.07, 6.45) is 6.89. The Morgan fingerprint density at radius 3 is 2.33 bits per heavy atom. The van der Waals surface area contributed by atoms with Crippen molar-refractivity contribution in [2.24, 2.45) is 5.41 Å². The molecule has 0 saturated carbocycles. The first-order valence-electron chi connectivity index (χ1n) is 7.22. The maximum atomic E-state index is 9.21. The van der Waals surface area contributed by atoms with Gasteiger partial charge in [0.15, 0.2) is 0 Å². The molecule has 0 aromatic heterocycles. The number of aliphatic hydroxyl groups excluding tert-OH is 1. The van der Waals surface area contributed by atoms with E-state index in [1.165, 1.54) is 24.8 Å². The van der Waals surface area contributed by atoms with E-state index in [2.05, 4.69) is 44.2 Å². The molecule has 0 aliphatic carbocycles. The van der Waals surface area contributed by atoms with Crippen LogP contribution in [0.3, 0.4) is 0 Å². The van der Waals surface area contributed by atoms with Crippen LogP contribution >= 0.6 is 0 Å². The molecule has 18 heavy (non-hydrogen) atoms. The van der Waals surface area contributed by atoms with Gasteiger partial charge in [-0.1, -0.05) is 63.4 Å². The predicted octanol–water partition coefficient (Wildman–Crippen LogP) is 4.59. The Morgan fingerprint density at radius 1 is 1.06 bits per heavy atom. The Morgan fingerprint density at radius 2 is 1.72 bits per heavy atom. The van der Waals surface area contributed by atoms with E-state index in [-0.39, 0.29) is 6.10 Å². The van der Waals surface area contributed by atoms with Gasteiger partial charge in [-0.3, -0.25) is 0 Å². The third kappa shape index (κ3) is 6.80. The van der Waals surface area contributed by atoms with E-state index in [1.54, 1.807) is 0 Å². The van der Waals surface area contributed by atoms with Gasteiger partial charge in [0, 0.05) is 0 Å². The van der Waals surface area contributed by atoms with Crippen molar-refractivity contribution in [3.05, 3.63) is 35.9 Å². The summed E-state index contributed by atoms with van der Waals surface area (Å²) < 4.78 is 0. The van der Waals surface area contributed by atoms with Gasteiger partial charge in [0.2, 0.25) is 0 Å². The van der Waals surface area contributed by atoms with Crippen molar-refractivity contribution in [2.45, 2.75) is 65.4 Å². The maximum absolute atomic E-state index is 9.21. The van der Waals surface area contributed by atoms with Crippen LogP contribution in [0.15, 0.2) is 30.3 Å². The summed E-state index contributed by atoms with van der Waals surface area (Å²) in [6, 6.07) is 10.7. The Labute approximate surface area is 112 Å². The lowest BCUT2D eigenvalue weighted by Crippen LogP contribution is -2.14. The molecule has 1 atom stereocenters. The quantitative estimate of drug-likeness (QED) is 0.667. The maximum Gasteiger partial charge on any atom is 0.0512 e. The number of unbranched alkanes of at least 4 members (excludes halogenated alkanes) is 2. The molecule has 1 nitrogen and oxygen atoms in total. The summed E-state index contributed by atoms with van der Waals surface area (Å²) in [4.78, 5) is 0. The summed E-state index contributed by atoms with van der Waals surface area (Å²) in [5, 5.41) is 9.21. The van der Waals surface area contributed by atoms with Gasteiger partial charge in [-0.15, -0.1) is 0 Å². The zero-order chi connectivity index (χ0) is 13.4. The van der Waals surface area contributed by atoms with Gasteiger partial charge in [0.05, 0.1) is 6.10 Å². The van der Waals surface area contributed by atoms with Gasteiger partial charge in [0.25, 0.3) is 0 Å². The van der Waals surface area contributed by atoms with Crippen LogP contribution < -0.4 is 0 Å². The van der Waals surface area contributed by atoms with Gasteiger partial charge in [-0.25, -0.2) is 0 Å². The summed E-state index contributed by atoms with van der Waals surface area (Å²) in [6.45, 7) is 6.59. The minimum atomic E-state index is -0.137. The first kappa shape index (κ1) is 15.2. The molecule has 0 spiro atoms. The first-order chi connectivity index (χ1) is 8.49. The molecule has 102 valence electrons. The van der Waals surface area contributed by atoms with Crippen molar-refractivity contribution < 1.29 is 5.11 Å². The standard InChI is InChI=1S/C17H28O/c1-15(18)10-6-5-9-13-17(2,3)14-16-11-7-4-8-12-16/h4,7-8,11-12,15,18H,5-6,9-10,13-14H2,1-3H3. The fourth-order valence-corrected chi connectivity index (χ4v) is 2.46. The van der Waals surface area contributed by atoms with Crippen molar-refractivity contribution in [1.82, 2.24) is 0 Å². The number of hydrogen-bond donors (Lipinski definition) is 1. The summed E-state index contributed by atoms with van der Waals surface area (Å²) >= 11 is 0. The van der Waals surface area contributed by atoms with Crippen LogP contribution in [0, 0.1) is 5.41 Å². The van der Waals surface area contributed by atoms with E-state index in [0.717, 1.165) is 19.3 Å². The average molecular weight is 248 g/mol. The van der Waals surface area contributed by atoms with Gasteiger partial charge in [0.1, 0.15) is 0 Å². The minimum absolute atomic E-state index is 0.137. The van der Waals surface area contributed by atoms with Crippen LogP contribution in [0.4, 0.5) is 0 Å². The zero-order valence-corrected chi connectivity index (χ0v) is 12.2. The fourth-order valence-electron chi connectivity index (χ4n) is 2.46. The number of benzene rings is 1. The molecule has 0 bridgehead atoms. The van der Waals surface area contributed by atoms with Gasteiger partial charge >= 0.3 is 0 Å². The lowest BCUT2D eigenvalue weighted by Gasteiger charge is -2.24. The largest absolute Gasteiger partial charge is 0.393 e. The molecule has 1 N–H and O–H groups in total. The summed E-state index contributed by atoms with van der Waals surface area (Å²) in [5.41, 5.74) is 1.82. The fraction of sp³-hybridized carbons (Fsp3) is 0.647. The lowest BCUT2D eigenvalue weighted by molar-refractivity contribution is 0.179. The molecule has 0 radical (unpaired) electrons. The molecule has 0 heterocycles. The molecule has 0 amide bonds. The van der Waals surface area contributed by atoms with Crippen molar-refractivity contribution in [3.8, 4) is 0 Å². The van der Waals surface area contributed by atoms with Crippen molar-refractivity contribution >= 4 is 0 Å². The molecule has 1 heteroatoms. The predicted molar refractivity (Wildman–Crippen MR) is 78.7 cm³/mol. The molecular weight excluding hydrogens is 220 g/mol. The second-order valence-corrected chi connectivity index (χ2v) is 6.27. The van der Waals surface area contributed by atoms with E-state index in [1.807, 2.05) is 6.92 Å². The minimum Gasteiger partial charge on any atom is -0.393 e. The molecule has 1 aromatic carbocycles. The average Bonchev–Trinajstić information content (AvgIpc) is 2.28. The van der Waals surface area contributed by atoms with Crippen LogP contribution in [0.5, 0.6) is 0 Å². The molecule has 0 aliphatic heterocycles. The van der Waals surface area contributed by atoms with Crippen molar-refractivity contribution in [2.75, 3.05) is 0 Å². The second-order valence-electron chi connectivity index (χ2n) is 6.27. The van der Waals surface area contributed by atoms with Crippen LogP contribution in [-0.4, -0.2) is 11.2 Å². The second kappa shape index (κ2) is 7.58. The number of aliphatic hydroxyl groups is 1. The lowest BCUT2D eigenvalue weighted by atomic mass is 9.81. The Bertz CT molecular complexity index is 314.